The molecule has 31 heavy (non-hydrogen) atoms. The van der Waals surface area contributed by atoms with E-state index in [1.807, 2.05) is 0 Å². The number of carboxylic acids is 1. The first-order valence-electron chi connectivity index (χ1n) is 8.94. The van der Waals surface area contributed by atoms with Gasteiger partial charge in [-0.15, -0.1) is 0 Å². The summed E-state index contributed by atoms with van der Waals surface area (Å²) in [5.74, 6) is -0.599. The maximum Gasteiger partial charge on any atom is 0.337 e. The number of nitrogens with zero attached hydrogens (tertiary/aromatic N) is 2. The van der Waals surface area contributed by atoms with Crippen LogP contribution >= 0.6 is 34.8 Å². The first kappa shape index (κ1) is 21.2. The van der Waals surface area contributed by atoms with E-state index in [9.17, 15) is 14.7 Å². The van der Waals surface area contributed by atoms with Gasteiger partial charge in [-0.2, -0.15) is 10.1 Å². The summed E-state index contributed by atoms with van der Waals surface area (Å²) in [5.41, 5.74) is 1.71. The Balaban J connectivity index is 1.63. The zero-order valence-electron chi connectivity index (χ0n) is 15.9. The van der Waals surface area contributed by atoms with Gasteiger partial charge in [0.05, 0.1) is 37.6 Å². The number of furan rings is 1. The number of hydrazone groups is 1. The Morgan fingerprint density at radius 3 is 2.48 bits per heavy atom. The van der Waals surface area contributed by atoms with Gasteiger partial charge in [0.25, 0.3) is 5.91 Å². The number of carboxylic acid groups (broad SMARTS) is 1. The van der Waals surface area contributed by atoms with Crippen LogP contribution in [0.4, 0.5) is 5.69 Å². The van der Waals surface area contributed by atoms with Crippen molar-refractivity contribution < 1.29 is 19.1 Å². The largest absolute Gasteiger partial charge is 0.478 e. The maximum atomic E-state index is 12.9. The molecule has 0 saturated carbocycles. The van der Waals surface area contributed by atoms with E-state index in [1.165, 1.54) is 18.2 Å². The van der Waals surface area contributed by atoms with E-state index < -0.39 is 11.9 Å². The quantitative estimate of drug-likeness (QED) is 0.442. The molecule has 1 amide bonds. The first-order chi connectivity index (χ1) is 14.7. The number of hydrogen-bond donors (Lipinski definition) is 1. The van der Waals surface area contributed by atoms with Crippen LogP contribution in [0, 0.1) is 0 Å². The number of benzene rings is 2. The second-order valence-electron chi connectivity index (χ2n) is 6.66. The molecule has 4 rings (SSSR count). The highest BCUT2D eigenvalue weighted by atomic mass is 35.5. The van der Waals surface area contributed by atoms with Crippen molar-refractivity contribution in [2.45, 2.75) is 6.92 Å². The Labute approximate surface area is 191 Å². The highest BCUT2D eigenvalue weighted by molar-refractivity contribution is 6.42. The standard InChI is InChI=1S/C22H13Cl3N2O4/c1-11-15(10-14-4-7-20(31-14)12-2-5-18(24)19(25)8-12)21(28)27(26-11)13-3-6-17(23)16(9-13)22(29)30/h2-10H,1H3,(H,29,30). The van der Waals surface area contributed by atoms with Gasteiger partial charge in [-0.05, 0) is 61.5 Å². The fraction of sp³-hybridized carbons (Fsp3) is 0.0455. The molecule has 0 unspecified atom stereocenters. The molecule has 3 aromatic rings. The average molecular weight is 476 g/mol. The van der Waals surface area contributed by atoms with Crippen LogP contribution in [0.1, 0.15) is 23.0 Å². The number of anilines is 1. The van der Waals surface area contributed by atoms with E-state index in [-0.39, 0.29) is 10.6 Å². The molecule has 2 aromatic carbocycles. The Kier molecular flexibility index (Phi) is 5.62. The number of rotatable bonds is 4. The van der Waals surface area contributed by atoms with E-state index in [0.29, 0.717) is 38.5 Å². The molecule has 1 aliphatic heterocycles. The number of hydrogen-bond acceptors (Lipinski definition) is 4. The normalized spacial score (nSPS) is 15.0. The van der Waals surface area contributed by atoms with Crippen LogP contribution in [-0.4, -0.2) is 22.7 Å². The monoisotopic (exact) mass is 474 g/mol. The van der Waals surface area contributed by atoms with Crippen LogP contribution in [0.25, 0.3) is 17.4 Å². The molecule has 1 aromatic heterocycles. The van der Waals surface area contributed by atoms with Crippen molar-refractivity contribution in [2.75, 3.05) is 5.01 Å². The van der Waals surface area contributed by atoms with Gasteiger partial charge < -0.3 is 9.52 Å². The molecule has 0 atom stereocenters. The van der Waals surface area contributed by atoms with Crippen LogP contribution in [0.2, 0.25) is 15.1 Å². The molecule has 1 N–H and O–H groups in total. The predicted octanol–water partition coefficient (Wildman–Crippen LogP) is 6.41. The SMILES string of the molecule is CC1=NN(c2ccc(Cl)c(C(=O)O)c2)C(=O)C1=Cc1ccc(-c2ccc(Cl)c(Cl)c2)o1. The second-order valence-corrected chi connectivity index (χ2v) is 7.88. The van der Waals surface area contributed by atoms with Gasteiger partial charge in [0.15, 0.2) is 0 Å². The lowest BCUT2D eigenvalue weighted by molar-refractivity contribution is -0.114. The lowest BCUT2D eigenvalue weighted by Crippen LogP contribution is -2.21. The first-order valence-corrected chi connectivity index (χ1v) is 10.1. The van der Waals surface area contributed by atoms with Gasteiger partial charge in [-0.25, -0.2) is 4.79 Å². The highest BCUT2D eigenvalue weighted by Gasteiger charge is 2.30. The lowest BCUT2D eigenvalue weighted by atomic mass is 10.1. The van der Waals surface area contributed by atoms with Gasteiger partial charge in [-0.3, -0.25) is 4.79 Å². The van der Waals surface area contributed by atoms with Crippen LogP contribution in [0.15, 0.2) is 63.6 Å². The van der Waals surface area contributed by atoms with E-state index >= 15 is 0 Å². The molecule has 0 fully saturated rings. The zero-order chi connectivity index (χ0) is 22.3. The Morgan fingerprint density at radius 2 is 1.77 bits per heavy atom. The van der Waals surface area contributed by atoms with E-state index in [0.717, 1.165) is 10.6 Å². The van der Waals surface area contributed by atoms with Gasteiger partial charge in [0, 0.05) is 5.56 Å². The third kappa shape index (κ3) is 4.10. The fourth-order valence-corrected chi connectivity index (χ4v) is 3.54. The number of carbonyl (C=O) groups excluding carboxylic acids is 1. The van der Waals surface area contributed by atoms with Crippen LogP contribution < -0.4 is 5.01 Å². The summed E-state index contributed by atoms with van der Waals surface area (Å²) in [7, 11) is 0. The van der Waals surface area contributed by atoms with Crippen molar-refractivity contribution in [3.63, 3.8) is 0 Å². The third-order valence-corrected chi connectivity index (χ3v) is 5.67. The summed E-state index contributed by atoms with van der Waals surface area (Å²) in [6.07, 6.45) is 1.58. The summed E-state index contributed by atoms with van der Waals surface area (Å²) in [6, 6.07) is 12.9. The molecule has 1 aliphatic rings. The molecular formula is C22H13Cl3N2O4. The fourth-order valence-electron chi connectivity index (χ4n) is 3.05. The summed E-state index contributed by atoms with van der Waals surface area (Å²) in [4.78, 5) is 24.3. The molecule has 0 spiro atoms. The highest BCUT2D eigenvalue weighted by Crippen LogP contribution is 2.32. The van der Waals surface area contributed by atoms with Crippen molar-refractivity contribution in [2.24, 2.45) is 5.10 Å². The topological polar surface area (TPSA) is 83.1 Å². The van der Waals surface area contributed by atoms with Crippen LogP contribution in [-0.2, 0) is 4.79 Å². The minimum Gasteiger partial charge on any atom is -0.478 e. The average Bonchev–Trinajstić information content (AvgIpc) is 3.30. The van der Waals surface area contributed by atoms with E-state index in [4.69, 9.17) is 39.2 Å². The molecule has 0 radical (unpaired) electrons. The maximum absolute atomic E-state index is 12.9. The molecule has 6 nitrogen and oxygen atoms in total. The molecule has 0 saturated heterocycles. The molecule has 0 aliphatic carbocycles. The molecule has 9 heteroatoms. The minimum absolute atomic E-state index is 0.0739. The van der Waals surface area contributed by atoms with Gasteiger partial charge in [0.2, 0.25) is 0 Å². The Morgan fingerprint density at radius 1 is 1.03 bits per heavy atom. The van der Waals surface area contributed by atoms with Crippen molar-refractivity contribution in [3.05, 3.63) is 80.5 Å². The van der Waals surface area contributed by atoms with Gasteiger partial charge in [-0.1, -0.05) is 34.8 Å². The molecule has 0 bridgehead atoms. The second kappa shape index (κ2) is 8.23. The van der Waals surface area contributed by atoms with E-state index in [2.05, 4.69) is 5.10 Å². The predicted molar refractivity (Wildman–Crippen MR) is 121 cm³/mol. The number of carbonyl (C=O) groups is 2. The minimum atomic E-state index is -1.19. The van der Waals surface area contributed by atoms with Crippen molar-refractivity contribution in [1.29, 1.82) is 0 Å². The number of amides is 1. The summed E-state index contributed by atoms with van der Waals surface area (Å²) < 4.78 is 5.83. The van der Waals surface area contributed by atoms with E-state index in [1.54, 1.807) is 43.3 Å². The van der Waals surface area contributed by atoms with Gasteiger partial charge in [0.1, 0.15) is 11.5 Å². The summed E-state index contributed by atoms with van der Waals surface area (Å²) in [5, 5.41) is 15.6. The van der Waals surface area contributed by atoms with Crippen molar-refractivity contribution in [3.8, 4) is 11.3 Å². The zero-order valence-corrected chi connectivity index (χ0v) is 18.2. The van der Waals surface area contributed by atoms with Crippen LogP contribution in [0.5, 0.6) is 0 Å². The smallest absolute Gasteiger partial charge is 0.337 e. The molecule has 2 heterocycles. The molecular weight excluding hydrogens is 463 g/mol. The van der Waals surface area contributed by atoms with Crippen LogP contribution in [0.3, 0.4) is 0 Å². The number of aromatic carboxylic acids is 1. The summed E-state index contributed by atoms with van der Waals surface area (Å²) in [6.45, 7) is 1.68. The Hall–Kier alpha value is -3.06. The summed E-state index contributed by atoms with van der Waals surface area (Å²) >= 11 is 17.9. The van der Waals surface area contributed by atoms with Gasteiger partial charge >= 0.3 is 5.97 Å². The third-order valence-electron chi connectivity index (χ3n) is 4.60. The lowest BCUT2D eigenvalue weighted by Gasteiger charge is -2.12. The van der Waals surface area contributed by atoms with Crippen molar-refractivity contribution >= 4 is 64.2 Å². The Bertz CT molecular complexity index is 1290. The van der Waals surface area contributed by atoms with Crippen molar-refractivity contribution in [1.82, 2.24) is 0 Å². The molecule has 156 valence electrons. The number of halogens is 3.